The summed E-state index contributed by atoms with van der Waals surface area (Å²) in [5.41, 5.74) is 1.49. The van der Waals surface area contributed by atoms with Crippen LogP contribution in [0.4, 0.5) is 5.95 Å². The van der Waals surface area contributed by atoms with Crippen molar-refractivity contribution in [1.29, 1.82) is 0 Å². The zero-order chi connectivity index (χ0) is 20.1. The van der Waals surface area contributed by atoms with E-state index in [4.69, 9.17) is 28.3 Å². The van der Waals surface area contributed by atoms with E-state index in [9.17, 15) is 9.90 Å². The number of aliphatic hydroxyl groups is 2. The topological polar surface area (TPSA) is 100 Å². The third kappa shape index (κ3) is 4.69. The van der Waals surface area contributed by atoms with E-state index in [1.807, 2.05) is 0 Å². The van der Waals surface area contributed by atoms with Crippen LogP contribution in [0.15, 0.2) is 53.6 Å². The maximum atomic E-state index is 12.7. The van der Waals surface area contributed by atoms with Crippen LogP contribution in [0.2, 0.25) is 10.0 Å². The lowest BCUT2D eigenvalue weighted by molar-refractivity contribution is 0.247. The van der Waals surface area contributed by atoms with Gasteiger partial charge in [-0.1, -0.05) is 23.2 Å². The summed E-state index contributed by atoms with van der Waals surface area (Å²) in [6.45, 7) is -0.0101. The largest absolute Gasteiger partial charge is 0.395 e. The van der Waals surface area contributed by atoms with Crippen LogP contribution >= 0.6 is 23.2 Å². The van der Waals surface area contributed by atoms with Crippen molar-refractivity contribution >= 4 is 29.2 Å². The third-order valence-corrected chi connectivity index (χ3v) is 4.51. The standard InChI is InChI=1S/C19H18Cl2N4O3/c20-14-7-13(8-15(21)10-14)17(11-27)25-5-2-12(9-18(25)28)16-1-3-22-19(24-16)23-4-6-26/h1-3,5,7-10,17,26-27H,4,6,11H2,(H,22,23,24). The number of benzene rings is 1. The van der Waals surface area contributed by atoms with E-state index in [0.717, 1.165) is 0 Å². The number of aromatic nitrogens is 3. The predicted octanol–water partition coefficient (Wildman–Crippen LogP) is 2.60. The van der Waals surface area contributed by atoms with Gasteiger partial charge in [0.25, 0.3) is 5.56 Å². The van der Waals surface area contributed by atoms with Gasteiger partial charge in [0, 0.05) is 40.6 Å². The highest BCUT2D eigenvalue weighted by molar-refractivity contribution is 6.34. The Balaban J connectivity index is 1.94. The van der Waals surface area contributed by atoms with Crippen molar-refractivity contribution < 1.29 is 10.2 Å². The maximum Gasteiger partial charge on any atom is 0.251 e. The highest BCUT2D eigenvalue weighted by Crippen LogP contribution is 2.25. The van der Waals surface area contributed by atoms with Crippen molar-refractivity contribution in [3.8, 4) is 11.3 Å². The molecule has 0 aliphatic heterocycles. The maximum absolute atomic E-state index is 12.7. The monoisotopic (exact) mass is 420 g/mol. The Morgan fingerprint density at radius 2 is 1.86 bits per heavy atom. The lowest BCUT2D eigenvalue weighted by atomic mass is 10.1. The van der Waals surface area contributed by atoms with Crippen molar-refractivity contribution in [1.82, 2.24) is 14.5 Å². The molecule has 1 unspecified atom stereocenters. The summed E-state index contributed by atoms with van der Waals surface area (Å²) in [5.74, 6) is 0.359. The molecule has 1 aromatic carbocycles. The van der Waals surface area contributed by atoms with Gasteiger partial charge in [-0.05, 0) is 35.9 Å². The van der Waals surface area contributed by atoms with E-state index in [1.165, 1.54) is 10.6 Å². The van der Waals surface area contributed by atoms with Crippen molar-refractivity contribution in [3.05, 3.63) is 74.8 Å². The molecule has 3 rings (SSSR count). The molecule has 0 amide bonds. The van der Waals surface area contributed by atoms with E-state index in [0.29, 0.717) is 39.4 Å². The fourth-order valence-corrected chi connectivity index (χ4v) is 3.34. The van der Waals surface area contributed by atoms with Gasteiger partial charge >= 0.3 is 0 Å². The minimum absolute atomic E-state index is 0.0420. The lowest BCUT2D eigenvalue weighted by Gasteiger charge is -2.19. The quantitative estimate of drug-likeness (QED) is 0.542. The molecule has 1 atom stereocenters. The first-order valence-corrected chi connectivity index (χ1v) is 9.24. The van der Waals surface area contributed by atoms with Crippen LogP contribution in [0.25, 0.3) is 11.3 Å². The Morgan fingerprint density at radius 3 is 2.50 bits per heavy atom. The van der Waals surface area contributed by atoms with E-state index >= 15 is 0 Å². The normalized spacial score (nSPS) is 12.0. The minimum atomic E-state index is -0.620. The number of nitrogens with one attached hydrogen (secondary N) is 1. The Kier molecular flexibility index (Phi) is 6.64. The first-order valence-electron chi connectivity index (χ1n) is 8.49. The second-order valence-corrected chi connectivity index (χ2v) is 6.85. The first kappa shape index (κ1) is 20.3. The average molecular weight is 421 g/mol. The van der Waals surface area contributed by atoms with Crippen LogP contribution < -0.4 is 10.9 Å². The molecule has 0 fully saturated rings. The zero-order valence-corrected chi connectivity index (χ0v) is 16.2. The second-order valence-electron chi connectivity index (χ2n) is 5.98. The number of halogens is 2. The molecule has 0 spiro atoms. The van der Waals surface area contributed by atoms with Crippen molar-refractivity contribution in [2.75, 3.05) is 25.1 Å². The predicted molar refractivity (Wildman–Crippen MR) is 109 cm³/mol. The molecule has 0 bridgehead atoms. The Bertz CT molecular complexity index is 1010. The van der Waals surface area contributed by atoms with Gasteiger partial charge in [0.1, 0.15) is 0 Å². The summed E-state index contributed by atoms with van der Waals surface area (Å²) in [5, 5.41) is 22.5. The molecule has 0 aliphatic carbocycles. The summed E-state index contributed by atoms with van der Waals surface area (Å²) in [7, 11) is 0. The molecule has 0 aliphatic rings. The summed E-state index contributed by atoms with van der Waals surface area (Å²) in [6.07, 6.45) is 3.16. The van der Waals surface area contributed by atoms with Crippen LogP contribution in [0, 0.1) is 0 Å². The lowest BCUT2D eigenvalue weighted by Crippen LogP contribution is -2.26. The van der Waals surface area contributed by atoms with Crippen molar-refractivity contribution in [2.45, 2.75) is 6.04 Å². The Morgan fingerprint density at radius 1 is 1.11 bits per heavy atom. The fraction of sp³-hybridized carbons (Fsp3) is 0.211. The molecule has 0 saturated carbocycles. The van der Waals surface area contributed by atoms with Crippen LogP contribution in [0.3, 0.4) is 0 Å². The van der Waals surface area contributed by atoms with E-state index in [2.05, 4.69) is 15.3 Å². The van der Waals surface area contributed by atoms with Gasteiger partial charge in [0.15, 0.2) is 0 Å². The number of rotatable bonds is 7. The molecular formula is C19H18Cl2N4O3. The smallest absolute Gasteiger partial charge is 0.251 e. The molecule has 3 N–H and O–H groups in total. The molecule has 146 valence electrons. The molecule has 3 aromatic rings. The van der Waals surface area contributed by atoms with Gasteiger partial charge in [-0.25, -0.2) is 9.97 Å². The van der Waals surface area contributed by atoms with Crippen LogP contribution in [0.1, 0.15) is 11.6 Å². The van der Waals surface area contributed by atoms with E-state index < -0.39 is 6.04 Å². The Labute approximate surface area is 171 Å². The second kappa shape index (κ2) is 9.16. The van der Waals surface area contributed by atoms with Gasteiger partial charge in [0.2, 0.25) is 5.95 Å². The summed E-state index contributed by atoms with van der Waals surface area (Å²) < 4.78 is 1.41. The van der Waals surface area contributed by atoms with Crippen LogP contribution in [-0.2, 0) is 0 Å². The highest BCUT2D eigenvalue weighted by Gasteiger charge is 2.16. The third-order valence-electron chi connectivity index (χ3n) is 4.07. The minimum Gasteiger partial charge on any atom is -0.395 e. The van der Waals surface area contributed by atoms with Gasteiger partial charge in [-0.2, -0.15) is 0 Å². The highest BCUT2D eigenvalue weighted by atomic mass is 35.5. The van der Waals surface area contributed by atoms with Gasteiger partial charge < -0.3 is 20.1 Å². The summed E-state index contributed by atoms with van der Waals surface area (Å²) in [6, 6.07) is 9.15. The van der Waals surface area contributed by atoms with Gasteiger partial charge in [-0.3, -0.25) is 4.79 Å². The number of anilines is 1. The molecule has 0 radical (unpaired) electrons. The molecule has 9 heteroatoms. The average Bonchev–Trinajstić information content (AvgIpc) is 2.67. The number of hydrogen-bond acceptors (Lipinski definition) is 6. The van der Waals surface area contributed by atoms with E-state index in [1.54, 1.807) is 42.7 Å². The first-order chi connectivity index (χ1) is 13.5. The number of hydrogen-bond donors (Lipinski definition) is 3. The van der Waals surface area contributed by atoms with Gasteiger partial charge in [0.05, 0.1) is 24.9 Å². The number of aliphatic hydroxyl groups excluding tert-OH is 2. The Hall–Kier alpha value is -2.45. The number of nitrogens with zero attached hydrogens (tertiary/aromatic N) is 3. The number of pyridine rings is 1. The molecule has 28 heavy (non-hydrogen) atoms. The van der Waals surface area contributed by atoms with E-state index in [-0.39, 0.29) is 18.8 Å². The van der Waals surface area contributed by atoms with Crippen molar-refractivity contribution in [2.24, 2.45) is 0 Å². The molecule has 2 aromatic heterocycles. The fourth-order valence-electron chi connectivity index (χ4n) is 2.80. The summed E-state index contributed by atoms with van der Waals surface area (Å²) >= 11 is 12.1. The zero-order valence-electron chi connectivity index (χ0n) is 14.7. The molecular weight excluding hydrogens is 403 g/mol. The van der Waals surface area contributed by atoms with Gasteiger partial charge in [-0.15, -0.1) is 0 Å². The van der Waals surface area contributed by atoms with Crippen LogP contribution in [-0.4, -0.2) is 44.5 Å². The SMILES string of the molecule is O=c1cc(-c2ccnc(NCCO)n2)ccn1C(CO)c1cc(Cl)cc(Cl)c1. The van der Waals surface area contributed by atoms with Crippen LogP contribution in [0.5, 0.6) is 0 Å². The molecule has 2 heterocycles. The summed E-state index contributed by atoms with van der Waals surface area (Å²) in [4.78, 5) is 21.1. The molecule has 7 nitrogen and oxygen atoms in total. The molecule has 0 saturated heterocycles. The van der Waals surface area contributed by atoms with Crippen molar-refractivity contribution in [3.63, 3.8) is 0 Å².